The Kier molecular flexibility index (Phi) is 4.96. The summed E-state index contributed by atoms with van der Waals surface area (Å²) in [6.07, 6.45) is 1.05. The molecule has 1 nitrogen and oxygen atoms in total. The molecule has 2 aromatic carbocycles. The highest BCUT2D eigenvalue weighted by atomic mass is 35.5. The molecule has 1 aliphatic rings. The van der Waals surface area contributed by atoms with Crippen molar-refractivity contribution in [1.29, 1.82) is 0 Å². The number of fused-ring (bicyclic) bond motifs is 1. The SMILES string of the molecule is CCC1CNCc2c(-c3ccc(F)cc3F)cccc21.Cl. The molecule has 1 unspecified atom stereocenters. The van der Waals surface area contributed by atoms with Crippen LogP contribution in [0.4, 0.5) is 8.78 Å². The third-order valence-corrected chi connectivity index (χ3v) is 4.06. The number of hydrogen-bond donors (Lipinski definition) is 1. The Morgan fingerprint density at radius 2 is 1.95 bits per heavy atom. The number of benzene rings is 2. The summed E-state index contributed by atoms with van der Waals surface area (Å²) in [4.78, 5) is 0. The first-order valence-corrected chi connectivity index (χ1v) is 6.98. The Balaban J connectivity index is 0.00000161. The standard InChI is InChI=1S/C17H17F2N.ClH/c1-2-11-9-20-10-16-13(11)4-3-5-14(16)15-7-6-12(18)8-17(15)19;/h3-8,11,20H,2,9-10H2,1H3;1H. The van der Waals surface area contributed by atoms with Crippen LogP contribution in [0.15, 0.2) is 36.4 Å². The van der Waals surface area contributed by atoms with Crippen molar-refractivity contribution in [1.82, 2.24) is 5.32 Å². The van der Waals surface area contributed by atoms with Gasteiger partial charge in [-0.1, -0.05) is 25.1 Å². The van der Waals surface area contributed by atoms with Crippen molar-refractivity contribution in [3.63, 3.8) is 0 Å². The molecule has 0 fully saturated rings. The van der Waals surface area contributed by atoms with E-state index in [1.807, 2.05) is 12.1 Å². The highest BCUT2D eigenvalue weighted by molar-refractivity contribution is 5.85. The van der Waals surface area contributed by atoms with Crippen LogP contribution < -0.4 is 5.32 Å². The van der Waals surface area contributed by atoms with Gasteiger partial charge in [0.2, 0.25) is 0 Å². The minimum absolute atomic E-state index is 0. The fraction of sp³-hybridized carbons (Fsp3) is 0.294. The van der Waals surface area contributed by atoms with Crippen molar-refractivity contribution in [2.24, 2.45) is 0 Å². The Hall–Kier alpha value is -1.45. The van der Waals surface area contributed by atoms with E-state index in [0.29, 0.717) is 11.5 Å². The van der Waals surface area contributed by atoms with Crippen LogP contribution in [0, 0.1) is 11.6 Å². The molecule has 0 saturated heterocycles. The molecule has 21 heavy (non-hydrogen) atoms. The van der Waals surface area contributed by atoms with Gasteiger partial charge in [-0.25, -0.2) is 8.78 Å². The third-order valence-electron chi connectivity index (χ3n) is 4.06. The molecule has 3 rings (SSSR count). The van der Waals surface area contributed by atoms with Crippen molar-refractivity contribution in [3.8, 4) is 11.1 Å². The van der Waals surface area contributed by atoms with Gasteiger partial charge in [0.05, 0.1) is 0 Å². The van der Waals surface area contributed by atoms with Crippen molar-refractivity contribution < 1.29 is 8.78 Å². The largest absolute Gasteiger partial charge is 0.312 e. The van der Waals surface area contributed by atoms with E-state index in [-0.39, 0.29) is 12.4 Å². The van der Waals surface area contributed by atoms with E-state index in [4.69, 9.17) is 0 Å². The van der Waals surface area contributed by atoms with Gasteiger partial charge in [-0.3, -0.25) is 0 Å². The smallest absolute Gasteiger partial charge is 0.133 e. The average Bonchev–Trinajstić information content (AvgIpc) is 2.46. The van der Waals surface area contributed by atoms with Gasteiger partial charge in [0.1, 0.15) is 11.6 Å². The fourth-order valence-electron chi connectivity index (χ4n) is 2.99. The summed E-state index contributed by atoms with van der Waals surface area (Å²) < 4.78 is 27.1. The predicted octanol–water partition coefficient (Wildman–Crippen LogP) is 4.65. The second-order valence-electron chi connectivity index (χ2n) is 5.23. The summed E-state index contributed by atoms with van der Waals surface area (Å²) in [6, 6.07) is 9.78. The quantitative estimate of drug-likeness (QED) is 0.851. The zero-order valence-corrected chi connectivity index (χ0v) is 12.6. The Labute approximate surface area is 129 Å². The summed E-state index contributed by atoms with van der Waals surface area (Å²) in [5, 5.41) is 3.39. The van der Waals surface area contributed by atoms with E-state index in [9.17, 15) is 8.78 Å². The predicted molar refractivity (Wildman–Crippen MR) is 83.8 cm³/mol. The van der Waals surface area contributed by atoms with Crippen molar-refractivity contribution in [2.75, 3.05) is 6.54 Å². The van der Waals surface area contributed by atoms with Crippen LogP contribution in [0.2, 0.25) is 0 Å². The zero-order valence-electron chi connectivity index (χ0n) is 11.8. The van der Waals surface area contributed by atoms with E-state index in [1.54, 1.807) is 0 Å². The first kappa shape index (κ1) is 15.9. The minimum Gasteiger partial charge on any atom is -0.312 e. The molecule has 0 amide bonds. The zero-order chi connectivity index (χ0) is 14.1. The van der Waals surface area contributed by atoms with Gasteiger partial charge < -0.3 is 5.32 Å². The van der Waals surface area contributed by atoms with Crippen LogP contribution in [0.5, 0.6) is 0 Å². The van der Waals surface area contributed by atoms with Gasteiger partial charge in [0, 0.05) is 24.7 Å². The molecule has 0 spiro atoms. The Bertz CT molecular complexity index is 643. The number of halogens is 3. The van der Waals surface area contributed by atoms with Gasteiger partial charge in [0.15, 0.2) is 0 Å². The summed E-state index contributed by atoms with van der Waals surface area (Å²) in [7, 11) is 0. The van der Waals surface area contributed by atoms with Gasteiger partial charge in [0.25, 0.3) is 0 Å². The molecule has 1 aliphatic heterocycles. The number of hydrogen-bond acceptors (Lipinski definition) is 1. The maximum atomic E-state index is 14.0. The molecule has 0 radical (unpaired) electrons. The molecule has 0 saturated carbocycles. The van der Waals surface area contributed by atoms with Crippen LogP contribution >= 0.6 is 12.4 Å². The normalized spacial score (nSPS) is 17.0. The molecule has 2 aromatic rings. The van der Waals surface area contributed by atoms with Gasteiger partial charge in [-0.05, 0) is 41.2 Å². The van der Waals surface area contributed by atoms with E-state index >= 15 is 0 Å². The van der Waals surface area contributed by atoms with E-state index < -0.39 is 11.6 Å². The second-order valence-corrected chi connectivity index (χ2v) is 5.23. The highest BCUT2D eigenvalue weighted by Gasteiger charge is 2.22. The molecular weight excluding hydrogens is 292 g/mol. The lowest BCUT2D eigenvalue weighted by Gasteiger charge is -2.27. The Morgan fingerprint density at radius 3 is 2.67 bits per heavy atom. The van der Waals surface area contributed by atoms with Crippen molar-refractivity contribution in [2.45, 2.75) is 25.8 Å². The van der Waals surface area contributed by atoms with Crippen LogP contribution in [-0.4, -0.2) is 6.54 Å². The lowest BCUT2D eigenvalue weighted by Crippen LogP contribution is -2.28. The number of rotatable bonds is 2. The maximum Gasteiger partial charge on any atom is 0.133 e. The van der Waals surface area contributed by atoms with E-state index in [1.165, 1.54) is 17.7 Å². The van der Waals surface area contributed by atoms with Gasteiger partial charge in [-0.2, -0.15) is 0 Å². The molecule has 1 N–H and O–H groups in total. The summed E-state index contributed by atoms with van der Waals surface area (Å²) in [6.45, 7) is 3.85. The topological polar surface area (TPSA) is 12.0 Å². The summed E-state index contributed by atoms with van der Waals surface area (Å²) >= 11 is 0. The lowest BCUT2D eigenvalue weighted by atomic mass is 9.85. The van der Waals surface area contributed by atoms with Crippen LogP contribution in [-0.2, 0) is 6.54 Å². The van der Waals surface area contributed by atoms with Gasteiger partial charge >= 0.3 is 0 Å². The van der Waals surface area contributed by atoms with Crippen LogP contribution in [0.1, 0.15) is 30.4 Å². The fourth-order valence-corrected chi connectivity index (χ4v) is 2.99. The van der Waals surface area contributed by atoms with Crippen LogP contribution in [0.3, 0.4) is 0 Å². The minimum atomic E-state index is -0.541. The third kappa shape index (κ3) is 2.94. The summed E-state index contributed by atoms with van der Waals surface area (Å²) in [5.74, 6) is -0.583. The van der Waals surface area contributed by atoms with Crippen LogP contribution in [0.25, 0.3) is 11.1 Å². The average molecular weight is 310 g/mol. The monoisotopic (exact) mass is 309 g/mol. The Morgan fingerprint density at radius 1 is 1.14 bits per heavy atom. The second kappa shape index (κ2) is 6.54. The van der Waals surface area contributed by atoms with Gasteiger partial charge in [-0.15, -0.1) is 12.4 Å². The first-order chi connectivity index (χ1) is 9.70. The molecule has 4 heteroatoms. The first-order valence-electron chi connectivity index (χ1n) is 6.98. The van der Waals surface area contributed by atoms with E-state index in [2.05, 4.69) is 18.3 Å². The lowest BCUT2D eigenvalue weighted by molar-refractivity contribution is 0.530. The molecule has 1 atom stereocenters. The maximum absolute atomic E-state index is 14.0. The molecule has 0 aromatic heterocycles. The molecule has 0 aliphatic carbocycles. The van der Waals surface area contributed by atoms with E-state index in [0.717, 1.165) is 36.7 Å². The number of nitrogens with one attached hydrogen (secondary N) is 1. The summed E-state index contributed by atoms with van der Waals surface area (Å²) in [5.41, 5.74) is 3.76. The molecule has 112 valence electrons. The highest BCUT2D eigenvalue weighted by Crippen LogP contribution is 2.34. The molecule has 0 bridgehead atoms. The molecular formula is C17H18ClF2N. The van der Waals surface area contributed by atoms with Crippen molar-refractivity contribution >= 4 is 12.4 Å². The molecule has 1 heterocycles. The van der Waals surface area contributed by atoms with Crippen molar-refractivity contribution in [3.05, 3.63) is 59.2 Å².